The molecular weight excluding hydrogens is 200 g/mol. The lowest BCUT2D eigenvalue weighted by Gasteiger charge is -2.18. The van der Waals surface area contributed by atoms with Crippen LogP contribution < -0.4 is 11.5 Å². The molecule has 1 aliphatic carbocycles. The van der Waals surface area contributed by atoms with Gasteiger partial charge >= 0.3 is 0 Å². The van der Waals surface area contributed by atoms with Crippen LogP contribution >= 0.6 is 0 Å². The van der Waals surface area contributed by atoms with E-state index in [4.69, 9.17) is 11.5 Å². The lowest BCUT2D eigenvalue weighted by molar-refractivity contribution is 0.100. The topological polar surface area (TPSA) is 69.1 Å². The zero-order chi connectivity index (χ0) is 11.5. The first kappa shape index (κ1) is 10.9. The van der Waals surface area contributed by atoms with E-state index in [0.29, 0.717) is 11.6 Å². The van der Waals surface area contributed by atoms with E-state index in [0.717, 1.165) is 24.8 Å². The third kappa shape index (κ3) is 2.31. The van der Waals surface area contributed by atoms with E-state index >= 15 is 0 Å². The molecule has 1 amide bonds. The first-order valence-electron chi connectivity index (χ1n) is 5.51. The van der Waals surface area contributed by atoms with Crippen molar-refractivity contribution in [2.24, 2.45) is 11.5 Å². The fourth-order valence-corrected chi connectivity index (χ4v) is 1.97. The van der Waals surface area contributed by atoms with Gasteiger partial charge in [-0.3, -0.25) is 4.79 Å². The molecule has 1 aromatic carbocycles. The van der Waals surface area contributed by atoms with E-state index in [9.17, 15) is 4.79 Å². The smallest absolute Gasteiger partial charge is 0.248 e. The Morgan fingerprint density at radius 2 is 1.94 bits per heavy atom. The van der Waals surface area contributed by atoms with Gasteiger partial charge in [0.2, 0.25) is 5.91 Å². The Bertz CT molecular complexity index is 420. The van der Waals surface area contributed by atoms with E-state index in [1.165, 1.54) is 5.57 Å². The largest absolute Gasteiger partial charge is 0.366 e. The Morgan fingerprint density at radius 1 is 1.25 bits per heavy atom. The summed E-state index contributed by atoms with van der Waals surface area (Å²) in [5.74, 6) is -0.383. The number of allylic oxidation sites excluding steroid dienone is 1. The predicted octanol–water partition coefficient (Wildman–Crippen LogP) is 1.68. The number of benzene rings is 1. The van der Waals surface area contributed by atoms with Crippen LogP contribution in [0.4, 0.5) is 0 Å². The summed E-state index contributed by atoms with van der Waals surface area (Å²) in [6.07, 6.45) is 5.17. The van der Waals surface area contributed by atoms with Crippen LogP contribution in [0.5, 0.6) is 0 Å². The van der Waals surface area contributed by atoms with Crippen molar-refractivity contribution in [1.82, 2.24) is 0 Å². The highest BCUT2D eigenvalue weighted by atomic mass is 16.1. The molecule has 1 aliphatic rings. The molecular formula is C13H16N2O. The summed E-state index contributed by atoms with van der Waals surface area (Å²) in [5.41, 5.74) is 14.1. The molecule has 0 spiro atoms. The van der Waals surface area contributed by atoms with E-state index in [2.05, 4.69) is 6.08 Å². The van der Waals surface area contributed by atoms with Gasteiger partial charge in [-0.2, -0.15) is 0 Å². The van der Waals surface area contributed by atoms with Gasteiger partial charge in [0.25, 0.3) is 0 Å². The van der Waals surface area contributed by atoms with Crippen LogP contribution in [-0.4, -0.2) is 11.9 Å². The van der Waals surface area contributed by atoms with Crippen molar-refractivity contribution in [3.8, 4) is 0 Å². The molecule has 1 aromatic rings. The Hall–Kier alpha value is -1.61. The van der Waals surface area contributed by atoms with Crippen molar-refractivity contribution in [3.63, 3.8) is 0 Å². The summed E-state index contributed by atoms with van der Waals surface area (Å²) < 4.78 is 0. The minimum absolute atomic E-state index is 0.300. The standard InChI is InChI=1S/C13H16N2O/c14-12-7-5-10(6-8-12)9-1-3-11(4-2-9)13(15)16/h1-5,12H,6-8,14H2,(H2,15,16)/t12-/m0/s1. The van der Waals surface area contributed by atoms with Gasteiger partial charge < -0.3 is 11.5 Å². The maximum absolute atomic E-state index is 10.9. The second kappa shape index (κ2) is 4.49. The summed E-state index contributed by atoms with van der Waals surface area (Å²) in [6, 6.07) is 7.74. The van der Waals surface area contributed by atoms with Gasteiger partial charge in [-0.15, -0.1) is 0 Å². The number of hydrogen-bond acceptors (Lipinski definition) is 2. The van der Waals surface area contributed by atoms with Crippen molar-refractivity contribution in [2.75, 3.05) is 0 Å². The molecule has 3 nitrogen and oxygen atoms in total. The summed E-state index contributed by atoms with van der Waals surface area (Å²) in [5, 5.41) is 0. The lowest BCUT2D eigenvalue weighted by atomic mass is 9.91. The Labute approximate surface area is 95.1 Å². The number of nitrogens with two attached hydrogens (primary N) is 2. The SMILES string of the molecule is NC(=O)c1ccc(C2=CC[C@H](N)CC2)cc1. The summed E-state index contributed by atoms with van der Waals surface area (Å²) >= 11 is 0. The molecule has 84 valence electrons. The number of carbonyl (C=O) groups excluding carboxylic acids is 1. The Morgan fingerprint density at radius 3 is 2.44 bits per heavy atom. The summed E-state index contributed by atoms with van der Waals surface area (Å²) in [6.45, 7) is 0. The lowest BCUT2D eigenvalue weighted by Crippen LogP contribution is -2.21. The van der Waals surface area contributed by atoms with Crippen molar-refractivity contribution in [1.29, 1.82) is 0 Å². The zero-order valence-corrected chi connectivity index (χ0v) is 9.15. The van der Waals surface area contributed by atoms with Gasteiger partial charge in [-0.1, -0.05) is 18.2 Å². The minimum Gasteiger partial charge on any atom is -0.366 e. The molecule has 3 heteroatoms. The van der Waals surface area contributed by atoms with Crippen LogP contribution in [-0.2, 0) is 0 Å². The average Bonchev–Trinajstić information content (AvgIpc) is 2.30. The average molecular weight is 216 g/mol. The molecule has 2 rings (SSSR count). The molecule has 0 unspecified atom stereocenters. The molecule has 4 N–H and O–H groups in total. The van der Waals surface area contributed by atoms with E-state index in [1.807, 2.05) is 12.1 Å². The number of rotatable bonds is 2. The zero-order valence-electron chi connectivity index (χ0n) is 9.15. The summed E-state index contributed by atoms with van der Waals surface area (Å²) in [7, 11) is 0. The fraction of sp³-hybridized carbons (Fsp3) is 0.308. The van der Waals surface area contributed by atoms with Crippen LogP contribution in [0.15, 0.2) is 30.3 Å². The van der Waals surface area contributed by atoms with Crippen LogP contribution in [0.3, 0.4) is 0 Å². The van der Waals surface area contributed by atoms with Crippen molar-refractivity contribution >= 4 is 11.5 Å². The fourth-order valence-electron chi connectivity index (χ4n) is 1.97. The van der Waals surface area contributed by atoms with Crippen molar-refractivity contribution in [2.45, 2.75) is 25.3 Å². The second-order valence-corrected chi connectivity index (χ2v) is 4.21. The first-order valence-corrected chi connectivity index (χ1v) is 5.51. The number of hydrogen-bond donors (Lipinski definition) is 2. The first-order chi connectivity index (χ1) is 7.66. The van der Waals surface area contributed by atoms with Crippen LogP contribution in [0.1, 0.15) is 35.2 Å². The van der Waals surface area contributed by atoms with Crippen LogP contribution in [0.2, 0.25) is 0 Å². The van der Waals surface area contributed by atoms with Crippen LogP contribution in [0.25, 0.3) is 5.57 Å². The quantitative estimate of drug-likeness (QED) is 0.789. The molecule has 0 aromatic heterocycles. The van der Waals surface area contributed by atoms with E-state index in [1.54, 1.807) is 12.1 Å². The number of amides is 1. The Balaban J connectivity index is 2.19. The van der Waals surface area contributed by atoms with Crippen molar-refractivity contribution < 1.29 is 4.79 Å². The van der Waals surface area contributed by atoms with Gasteiger partial charge in [-0.25, -0.2) is 0 Å². The van der Waals surface area contributed by atoms with Gasteiger partial charge in [0.1, 0.15) is 0 Å². The molecule has 0 fully saturated rings. The Kier molecular flexibility index (Phi) is 3.06. The maximum atomic E-state index is 10.9. The molecule has 0 saturated heterocycles. The van der Waals surface area contributed by atoms with E-state index < -0.39 is 0 Å². The molecule has 16 heavy (non-hydrogen) atoms. The third-order valence-corrected chi connectivity index (χ3v) is 2.99. The predicted molar refractivity (Wildman–Crippen MR) is 64.8 cm³/mol. The molecule has 0 bridgehead atoms. The highest BCUT2D eigenvalue weighted by Crippen LogP contribution is 2.26. The number of carbonyl (C=O) groups is 1. The van der Waals surface area contributed by atoms with Crippen molar-refractivity contribution in [3.05, 3.63) is 41.5 Å². The maximum Gasteiger partial charge on any atom is 0.248 e. The van der Waals surface area contributed by atoms with Gasteiger partial charge in [-0.05, 0) is 42.5 Å². The highest BCUT2D eigenvalue weighted by molar-refractivity contribution is 5.93. The molecule has 0 aliphatic heterocycles. The normalized spacial score (nSPS) is 20.3. The minimum atomic E-state index is -0.383. The molecule has 0 saturated carbocycles. The highest BCUT2D eigenvalue weighted by Gasteiger charge is 2.11. The van der Waals surface area contributed by atoms with Crippen LogP contribution in [0, 0.1) is 0 Å². The van der Waals surface area contributed by atoms with Gasteiger partial charge in [0.15, 0.2) is 0 Å². The summed E-state index contributed by atoms with van der Waals surface area (Å²) in [4.78, 5) is 10.9. The van der Waals surface area contributed by atoms with Gasteiger partial charge in [0.05, 0.1) is 0 Å². The van der Waals surface area contributed by atoms with Gasteiger partial charge in [0, 0.05) is 11.6 Å². The number of primary amides is 1. The second-order valence-electron chi connectivity index (χ2n) is 4.21. The third-order valence-electron chi connectivity index (χ3n) is 2.99. The molecule has 0 heterocycles. The molecule has 1 atom stereocenters. The van der Waals surface area contributed by atoms with E-state index in [-0.39, 0.29) is 5.91 Å². The monoisotopic (exact) mass is 216 g/mol. The molecule has 0 radical (unpaired) electrons.